The number of likely N-dealkylation sites (tertiary alicyclic amines) is 1. The maximum atomic E-state index is 11.9. The van der Waals surface area contributed by atoms with Crippen LogP contribution in [0.25, 0.3) is 0 Å². The Kier molecular flexibility index (Phi) is 4.36. The van der Waals surface area contributed by atoms with E-state index in [9.17, 15) is 4.79 Å². The molecule has 0 bridgehead atoms. The minimum Gasteiger partial charge on any atom is -0.302 e. The predicted molar refractivity (Wildman–Crippen MR) is 81.8 cm³/mol. The average molecular weight is 293 g/mol. The summed E-state index contributed by atoms with van der Waals surface area (Å²) in [5, 5.41) is 5.80. The van der Waals surface area contributed by atoms with Crippen molar-refractivity contribution in [1.29, 1.82) is 0 Å². The molecule has 1 aliphatic carbocycles. The highest BCUT2D eigenvalue weighted by Gasteiger charge is 2.39. The molecule has 1 saturated carbocycles. The van der Waals surface area contributed by atoms with Crippen LogP contribution in [0.5, 0.6) is 0 Å². The zero-order valence-electron chi connectivity index (χ0n) is 12.1. The molecule has 1 aromatic rings. The van der Waals surface area contributed by atoms with Crippen LogP contribution in [-0.2, 0) is 11.3 Å². The zero-order chi connectivity index (χ0) is 13.9. The lowest BCUT2D eigenvalue weighted by atomic mass is 10.2. The largest absolute Gasteiger partial charge is 0.302 e. The van der Waals surface area contributed by atoms with Crippen molar-refractivity contribution in [3.8, 4) is 0 Å². The van der Waals surface area contributed by atoms with Crippen LogP contribution in [0.1, 0.15) is 44.7 Å². The standard InChI is InChI=1S/C15H23N3OS/c1-11-8-13(11)14(19)17-15-16-12(10-20-15)9-18-6-4-2-3-5-7-18/h10-11,13H,2-9H2,1H3,(H,16,17,19). The van der Waals surface area contributed by atoms with Crippen LogP contribution in [0.4, 0.5) is 5.13 Å². The Morgan fingerprint density at radius 1 is 1.40 bits per heavy atom. The minimum absolute atomic E-state index is 0.146. The van der Waals surface area contributed by atoms with Gasteiger partial charge in [-0.3, -0.25) is 9.69 Å². The number of amides is 1. The molecule has 2 unspecified atom stereocenters. The Balaban J connectivity index is 1.52. The molecule has 3 rings (SSSR count). The van der Waals surface area contributed by atoms with Crippen molar-refractivity contribution in [3.63, 3.8) is 0 Å². The van der Waals surface area contributed by atoms with E-state index in [0.717, 1.165) is 23.8 Å². The summed E-state index contributed by atoms with van der Waals surface area (Å²) in [6.45, 7) is 5.40. The molecule has 2 fully saturated rings. The highest BCUT2D eigenvalue weighted by Crippen LogP contribution is 2.38. The average Bonchev–Trinajstić information content (AvgIpc) is 3.09. The molecule has 1 aliphatic heterocycles. The van der Waals surface area contributed by atoms with E-state index in [1.807, 2.05) is 0 Å². The van der Waals surface area contributed by atoms with Gasteiger partial charge in [-0.15, -0.1) is 11.3 Å². The molecular weight excluding hydrogens is 270 g/mol. The minimum atomic E-state index is 0.146. The number of carbonyl (C=O) groups excluding carboxylic acids is 1. The first-order valence-corrected chi connectivity index (χ1v) is 8.58. The van der Waals surface area contributed by atoms with Crippen molar-refractivity contribution in [2.75, 3.05) is 18.4 Å². The van der Waals surface area contributed by atoms with E-state index in [1.165, 1.54) is 38.8 Å². The monoisotopic (exact) mass is 293 g/mol. The molecule has 0 radical (unpaired) electrons. The summed E-state index contributed by atoms with van der Waals surface area (Å²) >= 11 is 1.55. The van der Waals surface area contributed by atoms with E-state index >= 15 is 0 Å². The van der Waals surface area contributed by atoms with Gasteiger partial charge in [-0.25, -0.2) is 4.98 Å². The molecule has 0 spiro atoms. The molecule has 110 valence electrons. The van der Waals surface area contributed by atoms with E-state index in [-0.39, 0.29) is 11.8 Å². The Morgan fingerprint density at radius 3 is 2.75 bits per heavy atom. The Bertz CT molecular complexity index is 465. The second-order valence-corrected chi connectivity index (χ2v) is 7.00. The Labute approximate surface area is 124 Å². The molecule has 1 N–H and O–H groups in total. The van der Waals surface area contributed by atoms with E-state index in [2.05, 4.69) is 27.5 Å². The Morgan fingerprint density at radius 2 is 2.10 bits per heavy atom. The van der Waals surface area contributed by atoms with Crippen LogP contribution >= 0.6 is 11.3 Å². The maximum Gasteiger partial charge on any atom is 0.229 e. The van der Waals surface area contributed by atoms with Gasteiger partial charge < -0.3 is 5.32 Å². The zero-order valence-corrected chi connectivity index (χ0v) is 12.9. The lowest BCUT2D eigenvalue weighted by Crippen LogP contribution is -2.24. The van der Waals surface area contributed by atoms with Crippen LogP contribution in [0.15, 0.2) is 5.38 Å². The van der Waals surface area contributed by atoms with Crippen LogP contribution in [0, 0.1) is 11.8 Å². The summed E-state index contributed by atoms with van der Waals surface area (Å²) in [5.74, 6) is 0.910. The second kappa shape index (κ2) is 6.22. The third-order valence-corrected chi connectivity index (χ3v) is 5.12. The van der Waals surface area contributed by atoms with Crippen LogP contribution < -0.4 is 5.32 Å². The summed E-state index contributed by atoms with van der Waals surface area (Å²) in [5.41, 5.74) is 1.09. The van der Waals surface area contributed by atoms with Crippen LogP contribution in [0.3, 0.4) is 0 Å². The second-order valence-electron chi connectivity index (χ2n) is 6.14. The molecule has 1 saturated heterocycles. The number of rotatable bonds is 4. The summed E-state index contributed by atoms with van der Waals surface area (Å²) in [7, 11) is 0. The first kappa shape index (κ1) is 14.0. The number of aromatic nitrogens is 1. The van der Waals surface area contributed by atoms with E-state index in [1.54, 1.807) is 11.3 Å². The fraction of sp³-hybridized carbons (Fsp3) is 0.733. The SMILES string of the molecule is CC1CC1C(=O)Nc1nc(CN2CCCCCC2)cs1. The number of hydrogen-bond acceptors (Lipinski definition) is 4. The molecule has 0 aromatic carbocycles. The van der Waals surface area contributed by atoms with Gasteiger partial charge in [0.2, 0.25) is 5.91 Å². The fourth-order valence-corrected chi connectivity index (χ4v) is 3.55. The molecular formula is C15H23N3OS. The van der Waals surface area contributed by atoms with Gasteiger partial charge in [0.1, 0.15) is 0 Å². The van der Waals surface area contributed by atoms with Gasteiger partial charge in [0.15, 0.2) is 5.13 Å². The fourth-order valence-electron chi connectivity index (χ4n) is 2.85. The molecule has 2 atom stereocenters. The van der Waals surface area contributed by atoms with Crippen LogP contribution in [-0.4, -0.2) is 28.9 Å². The molecule has 1 amide bonds. The van der Waals surface area contributed by atoms with E-state index in [4.69, 9.17) is 0 Å². The van der Waals surface area contributed by atoms with Crippen molar-refractivity contribution in [2.45, 2.75) is 45.6 Å². The van der Waals surface area contributed by atoms with E-state index in [0.29, 0.717) is 5.92 Å². The first-order chi connectivity index (χ1) is 9.72. The summed E-state index contributed by atoms with van der Waals surface area (Å²) in [4.78, 5) is 18.9. The maximum absolute atomic E-state index is 11.9. The molecule has 4 nitrogen and oxygen atoms in total. The van der Waals surface area contributed by atoms with Gasteiger partial charge in [-0.2, -0.15) is 0 Å². The van der Waals surface area contributed by atoms with Crippen LogP contribution in [0.2, 0.25) is 0 Å². The predicted octanol–water partition coefficient (Wildman–Crippen LogP) is 3.11. The summed E-state index contributed by atoms with van der Waals surface area (Å²) in [6, 6.07) is 0. The van der Waals surface area contributed by atoms with Crippen molar-refractivity contribution < 1.29 is 4.79 Å². The quantitative estimate of drug-likeness (QED) is 0.927. The molecule has 2 aliphatic rings. The third-order valence-electron chi connectivity index (χ3n) is 4.31. The Hall–Kier alpha value is -0.940. The number of carbonyl (C=O) groups is 1. The van der Waals surface area contributed by atoms with E-state index < -0.39 is 0 Å². The van der Waals surface area contributed by atoms with Crippen molar-refractivity contribution >= 4 is 22.4 Å². The highest BCUT2D eigenvalue weighted by atomic mass is 32.1. The molecule has 1 aromatic heterocycles. The van der Waals surface area contributed by atoms with Crippen molar-refractivity contribution in [1.82, 2.24) is 9.88 Å². The number of nitrogens with zero attached hydrogens (tertiary/aromatic N) is 2. The smallest absolute Gasteiger partial charge is 0.229 e. The topological polar surface area (TPSA) is 45.2 Å². The molecule has 2 heterocycles. The lowest BCUT2D eigenvalue weighted by molar-refractivity contribution is -0.117. The number of thiazole rings is 1. The number of anilines is 1. The van der Waals surface area contributed by atoms with Gasteiger partial charge in [-0.05, 0) is 38.3 Å². The van der Waals surface area contributed by atoms with Gasteiger partial charge in [-0.1, -0.05) is 19.8 Å². The number of hydrogen-bond donors (Lipinski definition) is 1. The van der Waals surface area contributed by atoms with Gasteiger partial charge in [0.25, 0.3) is 0 Å². The summed E-state index contributed by atoms with van der Waals surface area (Å²) in [6.07, 6.45) is 6.33. The van der Waals surface area contributed by atoms with Gasteiger partial charge >= 0.3 is 0 Å². The highest BCUT2D eigenvalue weighted by molar-refractivity contribution is 7.13. The van der Waals surface area contributed by atoms with Crippen molar-refractivity contribution in [3.05, 3.63) is 11.1 Å². The first-order valence-electron chi connectivity index (χ1n) is 7.70. The lowest BCUT2D eigenvalue weighted by Gasteiger charge is -2.17. The number of nitrogens with one attached hydrogen (secondary N) is 1. The molecule has 20 heavy (non-hydrogen) atoms. The van der Waals surface area contributed by atoms with Crippen molar-refractivity contribution in [2.24, 2.45) is 11.8 Å². The van der Waals surface area contributed by atoms with Gasteiger partial charge in [0, 0.05) is 17.8 Å². The summed E-state index contributed by atoms with van der Waals surface area (Å²) < 4.78 is 0. The van der Waals surface area contributed by atoms with Gasteiger partial charge in [0.05, 0.1) is 5.69 Å². The molecule has 5 heteroatoms. The third kappa shape index (κ3) is 3.58. The normalized spacial score (nSPS) is 27.1.